The van der Waals surface area contributed by atoms with Crippen LogP contribution in [-0.4, -0.2) is 77.0 Å². The Morgan fingerprint density at radius 3 is 2.41 bits per heavy atom. The molecule has 0 radical (unpaired) electrons. The number of rotatable bonds is 12. The first-order valence-corrected chi connectivity index (χ1v) is 16.3. The van der Waals surface area contributed by atoms with Gasteiger partial charge in [0.2, 0.25) is 5.91 Å². The van der Waals surface area contributed by atoms with Gasteiger partial charge in [-0.15, -0.1) is 0 Å². The molecule has 1 amide bonds. The molecule has 9 heteroatoms. The summed E-state index contributed by atoms with van der Waals surface area (Å²) in [5, 5.41) is 12.6. The van der Waals surface area contributed by atoms with Gasteiger partial charge < -0.3 is 20.3 Å². The van der Waals surface area contributed by atoms with E-state index in [1.54, 1.807) is 13.4 Å². The second kappa shape index (κ2) is 14.9. The molecule has 2 aliphatic carbocycles. The molecule has 3 fully saturated rings. The second-order valence-corrected chi connectivity index (χ2v) is 13.1. The van der Waals surface area contributed by atoms with Crippen LogP contribution >= 0.6 is 11.6 Å². The van der Waals surface area contributed by atoms with E-state index in [0.717, 1.165) is 81.9 Å². The highest BCUT2D eigenvalue weighted by Crippen LogP contribution is 2.47. The van der Waals surface area contributed by atoms with Crippen LogP contribution in [0.4, 0.5) is 0 Å². The zero-order chi connectivity index (χ0) is 28.5. The number of nitrogens with zero attached hydrogens (tertiary/aromatic N) is 4. The van der Waals surface area contributed by atoms with Crippen molar-refractivity contribution in [1.29, 1.82) is 0 Å². The molecule has 2 heterocycles. The number of benzene rings is 1. The van der Waals surface area contributed by atoms with Gasteiger partial charge in [0.15, 0.2) is 0 Å². The molecule has 1 aliphatic heterocycles. The largest absolute Gasteiger partial charge is 0.383 e. The number of hydrogen-bond donors (Lipinski definition) is 2. The molecule has 0 unspecified atom stereocenters. The number of likely N-dealkylation sites (tertiary alicyclic amines) is 1. The van der Waals surface area contributed by atoms with Crippen molar-refractivity contribution in [3.05, 3.63) is 47.5 Å². The van der Waals surface area contributed by atoms with Crippen molar-refractivity contribution >= 4 is 17.5 Å². The molecule has 1 aromatic carbocycles. The van der Waals surface area contributed by atoms with Gasteiger partial charge in [-0.25, -0.2) is 4.98 Å². The molecule has 1 atom stereocenters. The van der Waals surface area contributed by atoms with E-state index < -0.39 is 0 Å². The van der Waals surface area contributed by atoms with Crippen molar-refractivity contribution in [2.24, 2.45) is 11.3 Å². The topological polar surface area (TPSA) is 84.3 Å². The average Bonchev–Trinajstić information content (AvgIpc) is 3.52. The standard InChI is InChI=1S/C32H49ClN6O2/c1-41-20-17-35-28-11-13-29(14-12-28)37-30(21-25-7-9-27(33)10-8-25)31(40)38-18-15-32(16-19-38,22-39-24-34-23-36-39)26-5-3-2-4-6-26/h7-10,23-24,26,28-30,35,37H,2-6,11-22H2,1H3/t28?,29?,30-/m1/s1. The fourth-order valence-electron chi connectivity index (χ4n) is 7.63. The lowest BCUT2D eigenvalue weighted by atomic mass is 9.63. The number of hydrogen-bond acceptors (Lipinski definition) is 6. The zero-order valence-corrected chi connectivity index (χ0v) is 25.5. The lowest BCUT2D eigenvalue weighted by Gasteiger charge is -2.48. The summed E-state index contributed by atoms with van der Waals surface area (Å²) in [4.78, 5) is 20.5. The summed E-state index contributed by atoms with van der Waals surface area (Å²) in [6.45, 7) is 4.18. The molecule has 5 rings (SSSR count). The van der Waals surface area contributed by atoms with E-state index in [2.05, 4.69) is 37.7 Å². The number of ether oxygens (including phenoxy) is 1. The highest BCUT2D eigenvalue weighted by molar-refractivity contribution is 6.30. The molecule has 0 bridgehead atoms. The quantitative estimate of drug-likeness (QED) is 0.346. The molecular formula is C32H49ClN6O2. The van der Waals surface area contributed by atoms with Crippen molar-refractivity contribution in [2.75, 3.05) is 33.4 Å². The Balaban J connectivity index is 1.24. The molecule has 41 heavy (non-hydrogen) atoms. The van der Waals surface area contributed by atoms with Gasteiger partial charge in [-0.3, -0.25) is 9.48 Å². The molecule has 2 saturated carbocycles. The lowest BCUT2D eigenvalue weighted by Crippen LogP contribution is -2.56. The molecule has 8 nitrogen and oxygen atoms in total. The third-order valence-corrected chi connectivity index (χ3v) is 10.3. The number of aromatic nitrogens is 3. The molecule has 2 aromatic rings. The summed E-state index contributed by atoms with van der Waals surface area (Å²) >= 11 is 6.17. The summed E-state index contributed by atoms with van der Waals surface area (Å²) in [6.07, 6.45) is 17.3. The van der Waals surface area contributed by atoms with E-state index >= 15 is 0 Å². The monoisotopic (exact) mass is 584 g/mol. The van der Waals surface area contributed by atoms with Gasteiger partial charge >= 0.3 is 0 Å². The van der Waals surface area contributed by atoms with Crippen molar-refractivity contribution < 1.29 is 9.53 Å². The SMILES string of the molecule is COCCNC1CCC(N[C@H](Cc2ccc(Cl)cc2)C(=O)N2CCC(Cn3cncn3)(C3CCCCC3)CC2)CC1. The Morgan fingerprint density at radius 1 is 1.05 bits per heavy atom. The van der Waals surface area contributed by atoms with Crippen molar-refractivity contribution in [2.45, 2.75) is 102 Å². The van der Waals surface area contributed by atoms with Gasteiger partial charge in [0.25, 0.3) is 0 Å². The number of carbonyl (C=O) groups excluding carboxylic acids is 1. The highest BCUT2D eigenvalue weighted by Gasteiger charge is 2.44. The van der Waals surface area contributed by atoms with Gasteiger partial charge in [-0.05, 0) is 86.8 Å². The zero-order valence-electron chi connectivity index (χ0n) is 24.8. The number of carbonyl (C=O) groups is 1. The smallest absolute Gasteiger partial charge is 0.240 e. The predicted octanol–water partition coefficient (Wildman–Crippen LogP) is 4.87. The van der Waals surface area contributed by atoms with Gasteiger partial charge in [0, 0.05) is 50.4 Å². The van der Waals surface area contributed by atoms with Crippen LogP contribution in [0.1, 0.15) is 76.2 Å². The predicted molar refractivity (Wildman–Crippen MR) is 163 cm³/mol. The molecule has 0 spiro atoms. The fraction of sp³-hybridized carbons (Fsp3) is 0.719. The Kier molecular flexibility index (Phi) is 11.1. The Hall–Kier alpha value is -2.00. The normalized spacial score (nSPS) is 24.3. The summed E-state index contributed by atoms with van der Waals surface area (Å²) in [6, 6.07) is 8.64. The van der Waals surface area contributed by atoms with E-state index in [1.165, 1.54) is 32.1 Å². The summed E-state index contributed by atoms with van der Waals surface area (Å²) in [5.41, 5.74) is 1.34. The third-order valence-electron chi connectivity index (χ3n) is 10.0. The van der Waals surface area contributed by atoms with E-state index in [0.29, 0.717) is 24.4 Å². The number of halogens is 1. The number of nitrogens with one attached hydrogen (secondary N) is 2. The van der Waals surface area contributed by atoms with Crippen LogP contribution in [0.2, 0.25) is 5.02 Å². The average molecular weight is 585 g/mol. The van der Waals surface area contributed by atoms with E-state index in [9.17, 15) is 4.79 Å². The van der Waals surface area contributed by atoms with Crippen LogP contribution in [0.5, 0.6) is 0 Å². The summed E-state index contributed by atoms with van der Waals surface area (Å²) < 4.78 is 7.22. The Morgan fingerprint density at radius 2 is 1.76 bits per heavy atom. The number of methoxy groups -OCH3 is 1. The molecule has 1 saturated heterocycles. The van der Waals surface area contributed by atoms with Gasteiger partial charge in [0.1, 0.15) is 12.7 Å². The Labute approximate surface area is 250 Å². The second-order valence-electron chi connectivity index (χ2n) is 12.7. The van der Waals surface area contributed by atoms with Crippen LogP contribution in [-0.2, 0) is 22.5 Å². The van der Waals surface area contributed by atoms with Crippen LogP contribution in [0.3, 0.4) is 0 Å². The fourth-order valence-corrected chi connectivity index (χ4v) is 7.75. The number of piperidine rings is 1. The van der Waals surface area contributed by atoms with Crippen LogP contribution in [0, 0.1) is 11.3 Å². The first kappa shape index (κ1) is 30.5. The molecule has 1 aromatic heterocycles. The summed E-state index contributed by atoms with van der Waals surface area (Å²) in [5.74, 6) is 0.951. The lowest BCUT2D eigenvalue weighted by molar-refractivity contribution is -0.137. The summed E-state index contributed by atoms with van der Waals surface area (Å²) in [7, 11) is 1.75. The minimum absolute atomic E-state index is 0.193. The maximum absolute atomic E-state index is 14.2. The van der Waals surface area contributed by atoms with Crippen molar-refractivity contribution in [3.63, 3.8) is 0 Å². The minimum atomic E-state index is -0.225. The van der Waals surface area contributed by atoms with Crippen LogP contribution in [0.15, 0.2) is 36.9 Å². The maximum Gasteiger partial charge on any atom is 0.240 e. The van der Waals surface area contributed by atoms with Gasteiger partial charge in [-0.1, -0.05) is 43.0 Å². The number of amides is 1. The van der Waals surface area contributed by atoms with E-state index in [-0.39, 0.29) is 17.4 Å². The molecule has 3 aliphatic rings. The molecule has 226 valence electrons. The first-order valence-electron chi connectivity index (χ1n) is 15.9. The van der Waals surface area contributed by atoms with Crippen molar-refractivity contribution in [1.82, 2.24) is 30.3 Å². The highest BCUT2D eigenvalue weighted by atomic mass is 35.5. The van der Waals surface area contributed by atoms with E-state index in [1.807, 2.05) is 23.1 Å². The van der Waals surface area contributed by atoms with Crippen molar-refractivity contribution in [3.8, 4) is 0 Å². The van der Waals surface area contributed by atoms with Gasteiger partial charge in [-0.2, -0.15) is 5.10 Å². The minimum Gasteiger partial charge on any atom is -0.383 e. The molecular weight excluding hydrogens is 536 g/mol. The van der Waals surface area contributed by atoms with Crippen LogP contribution < -0.4 is 10.6 Å². The Bertz CT molecular complexity index is 1040. The first-order chi connectivity index (χ1) is 20.0. The van der Waals surface area contributed by atoms with E-state index in [4.69, 9.17) is 16.3 Å². The third kappa shape index (κ3) is 8.31. The van der Waals surface area contributed by atoms with Gasteiger partial charge in [0.05, 0.1) is 12.6 Å². The van der Waals surface area contributed by atoms with Crippen LogP contribution in [0.25, 0.3) is 0 Å². The molecule has 2 N–H and O–H groups in total. The maximum atomic E-state index is 14.2.